The van der Waals surface area contributed by atoms with Crippen molar-refractivity contribution in [2.75, 3.05) is 36.4 Å². The van der Waals surface area contributed by atoms with E-state index < -0.39 is 10.0 Å². The fourth-order valence-electron chi connectivity index (χ4n) is 3.38. The highest BCUT2D eigenvalue weighted by molar-refractivity contribution is 7.88. The zero-order valence-corrected chi connectivity index (χ0v) is 18.6. The molecule has 0 radical (unpaired) electrons. The molecule has 31 heavy (non-hydrogen) atoms. The van der Waals surface area contributed by atoms with Crippen LogP contribution in [0.25, 0.3) is 0 Å². The van der Waals surface area contributed by atoms with Crippen molar-refractivity contribution in [3.05, 3.63) is 70.9 Å². The molecule has 0 amide bonds. The van der Waals surface area contributed by atoms with Gasteiger partial charge in [0.25, 0.3) is 0 Å². The predicted molar refractivity (Wildman–Crippen MR) is 122 cm³/mol. The summed E-state index contributed by atoms with van der Waals surface area (Å²) in [4.78, 5) is 6.43. The van der Waals surface area contributed by atoms with Gasteiger partial charge in [-0.2, -0.15) is 4.31 Å². The Kier molecular flexibility index (Phi) is 6.35. The topological polar surface area (TPSA) is 91.3 Å². The van der Waals surface area contributed by atoms with Gasteiger partial charge < -0.3 is 10.2 Å². The van der Waals surface area contributed by atoms with Crippen LogP contribution in [0.3, 0.4) is 0 Å². The fraction of sp³-hybridized carbons (Fsp3) is 0.286. The first-order valence-corrected chi connectivity index (χ1v) is 11.9. The molecule has 2 aromatic heterocycles. The number of aryl methyl sites for hydroxylation is 1. The van der Waals surface area contributed by atoms with Crippen LogP contribution < -0.4 is 10.2 Å². The molecule has 1 aromatic carbocycles. The minimum Gasteiger partial charge on any atom is -0.352 e. The number of piperazine rings is 1. The number of aromatic nitrogens is 3. The van der Waals surface area contributed by atoms with Crippen LogP contribution in [0.5, 0.6) is 0 Å². The van der Waals surface area contributed by atoms with Gasteiger partial charge in [0, 0.05) is 36.9 Å². The maximum absolute atomic E-state index is 12.8. The first-order valence-electron chi connectivity index (χ1n) is 9.91. The van der Waals surface area contributed by atoms with Crippen LogP contribution in [0.15, 0.2) is 54.6 Å². The molecule has 0 aliphatic carbocycles. The molecule has 1 aliphatic rings. The molecule has 1 saturated heterocycles. The van der Waals surface area contributed by atoms with Crippen LogP contribution in [-0.2, 0) is 15.8 Å². The van der Waals surface area contributed by atoms with Crippen LogP contribution in [0.2, 0.25) is 5.02 Å². The maximum atomic E-state index is 12.8. The molecule has 162 valence electrons. The minimum atomic E-state index is -3.39. The fourth-order valence-corrected chi connectivity index (χ4v) is 5.02. The largest absolute Gasteiger partial charge is 0.352 e. The highest BCUT2D eigenvalue weighted by Crippen LogP contribution is 2.20. The number of nitrogens with one attached hydrogen (secondary N) is 1. The Balaban J connectivity index is 1.34. The molecule has 0 spiro atoms. The highest BCUT2D eigenvalue weighted by Gasteiger charge is 2.27. The third-order valence-corrected chi connectivity index (χ3v) is 7.12. The number of hydrogen-bond acceptors (Lipinski definition) is 7. The standard InChI is InChI=1S/C21H23ClN6O2S/c1-16-3-2-4-19(23-16)24-20-9-10-21(26-25-20)27-11-13-28(14-12-27)31(29,30)15-17-5-7-18(22)8-6-17/h2-10H,11-15H2,1H3,(H,23,24,25). The van der Waals surface area contributed by atoms with Crippen molar-refractivity contribution in [2.24, 2.45) is 0 Å². The number of rotatable bonds is 6. The normalized spacial score (nSPS) is 15.1. The van der Waals surface area contributed by atoms with Crippen molar-refractivity contribution in [2.45, 2.75) is 12.7 Å². The number of anilines is 3. The van der Waals surface area contributed by atoms with Gasteiger partial charge in [0.1, 0.15) is 5.82 Å². The SMILES string of the molecule is Cc1cccc(Nc2ccc(N3CCN(S(=O)(=O)Cc4ccc(Cl)cc4)CC3)nn2)n1. The molecule has 3 heterocycles. The Bertz CT molecular complexity index is 1130. The van der Waals surface area contributed by atoms with Crippen LogP contribution in [0, 0.1) is 6.92 Å². The van der Waals surface area contributed by atoms with Crippen molar-refractivity contribution < 1.29 is 8.42 Å². The van der Waals surface area contributed by atoms with Gasteiger partial charge in [-0.1, -0.05) is 29.8 Å². The van der Waals surface area contributed by atoms with E-state index in [9.17, 15) is 8.42 Å². The number of halogens is 1. The molecular formula is C21H23ClN6O2S. The van der Waals surface area contributed by atoms with E-state index >= 15 is 0 Å². The van der Waals surface area contributed by atoms with E-state index in [2.05, 4.69) is 20.5 Å². The molecule has 0 unspecified atom stereocenters. The molecule has 0 atom stereocenters. The lowest BCUT2D eigenvalue weighted by atomic mass is 10.2. The smallest absolute Gasteiger partial charge is 0.218 e. The summed E-state index contributed by atoms with van der Waals surface area (Å²) >= 11 is 5.88. The predicted octanol–water partition coefficient (Wildman–Crippen LogP) is 3.23. The molecule has 0 bridgehead atoms. The number of benzene rings is 1. The van der Waals surface area contributed by atoms with Gasteiger partial charge >= 0.3 is 0 Å². The van der Waals surface area contributed by atoms with Gasteiger partial charge in [-0.05, 0) is 48.9 Å². The molecule has 10 heteroatoms. The van der Waals surface area contributed by atoms with E-state index in [1.54, 1.807) is 24.3 Å². The summed E-state index contributed by atoms with van der Waals surface area (Å²) in [5.41, 5.74) is 1.64. The Hall–Kier alpha value is -2.75. The molecule has 8 nitrogen and oxygen atoms in total. The van der Waals surface area contributed by atoms with Gasteiger partial charge in [0.05, 0.1) is 5.75 Å². The number of nitrogens with zero attached hydrogens (tertiary/aromatic N) is 5. The number of pyridine rings is 1. The van der Waals surface area contributed by atoms with E-state index in [1.807, 2.05) is 42.2 Å². The van der Waals surface area contributed by atoms with Gasteiger partial charge in [0.15, 0.2) is 11.6 Å². The monoisotopic (exact) mass is 458 g/mol. The van der Waals surface area contributed by atoms with E-state index in [0.717, 1.165) is 17.1 Å². The molecule has 1 fully saturated rings. The van der Waals surface area contributed by atoms with Gasteiger partial charge in [-0.25, -0.2) is 13.4 Å². The molecule has 1 N–H and O–H groups in total. The molecule has 0 saturated carbocycles. The lowest BCUT2D eigenvalue weighted by Crippen LogP contribution is -2.49. The average Bonchev–Trinajstić information content (AvgIpc) is 2.76. The van der Waals surface area contributed by atoms with Gasteiger partial charge in [-0.15, -0.1) is 10.2 Å². The summed E-state index contributed by atoms with van der Waals surface area (Å²) < 4.78 is 27.0. The first kappa shape index (κ1) is 21.5. The lowest BCUT2D eigenvalue weighted by molar-refractivity contribution is 0.383. The van der Waals surface area contributed by atoms with E-state index in [4.69, 9.17) is 11.6 Å². The summed E-state index contributed by atoms with van der Waals surface area (Å²) in [7, 11) is -3.39. The zero-order chi connectivity index (χ0) is 21.8. The van der Waals surface area contributed by atoms with Gasteiger partial charge in [-0.3, -0.25) is 0 Å². The first-order chi connectivity index (χ1) is 14.9. The van der Waals surface area contributed by atoms with E-state index in [-0.39, 0.29) is 5.75 Å². The van der Waals surface area contributed by atoms with E-state index in [0.29, 0.717) is 42.8 Å². The third-order valence-electron chi connectivity index (χ3n) is 5.01. The second-order valence-electron chi connectivity index (χ2n) is 7.33. The Morgan fingerprint density at radius 3 is 2.32 bits per heavy atom. The summed E-state index contributed by atoms with van der Waals surface area (Å²) in [6.45, 7) is 3.85. The van der Waals surface area contributed by atoms with Crippen LogP contribution >= 0.6 is 11.6 Å². The number of sulfonamides is 1. The zero-order valence-electron chi connectivity index (χ0n) is 17.1. The number of hydrogen-bond donors (Lipinski definition) is 1. The van der Waals surface area contributed by atoms with Crippen LogP contribution in [-0.4, -0.2) is 54.1 Å². The second-order valence-corrected chi connectivity index (χ2v) is 9.74. The van der Waals surface area contributed by atoms with Crippen molar-refractivity contribution in [3.63, 3.8) is 0 Å². The molecular weight excluding hydrogens is 436 g/mol. The second kappa shape index (κ2) is 9.17. The van der Waals surface area contributed by atoms with Crippen molar-refractivity contribution in [1.82, 2.24) is 19.5 Å². The summed E-state index contributed by atoms with van der Waals surface area (Å²) in [6, 6.07) is 16.3. The highest BCUT2D eigenvalue weighted by atomic mass is 35.5. The average molecular weight is 459 g/mol. The minimum absolute atomic E-state index is 0.0304. The van der Waals surface area contributed by atoms with Crippen molar-refractivity contribution in [3.8, 4) is 0 Å². The maximum Gasteiger partial charge on any atom is 0.218 e. The molecule has 3 aromatic rings. The van der Waals surface area contributed by atoms with Crippen LogP contribution in [0.4, 0.5) is 17.5 Å². The third kappa shape index (κ3) is 5.49. The Morgan fingerprint density at radius 2 is 1.68 bits per heavy atom. The Labute approximate surface area is 186 Å². The van der Waals surface area contributed by atoms with Crippen LogP contribution in [0.1, 0.15) is 11.3 Å². The summed E-state index contributed by atoms with van der Waals surface area (Å²) in [6.07, 6.45) is 0. The molecule has 1 aliphatic heterocycles. The van der Waals surface area contributed by atoms with Crippen molar-refractivity contribution in [1.29, 1.82) is 0 Å². The quantitative estimate of drug-likeness (QED) is 0.606. The lowest BCUT2D eigenvalue weighted by Gasteiger charge is -2.34. The summed E-state index contributed by atoms with van der Waals surface area (Å²) in [5, 5.41) is 12.2. The van der Waals surface area contributed by atoms with Crippen molar-refractivity contribution >= 4 is 39.1 Å². The summed E-state index contributed by atoms with van der Waals surface area (Å²) in [5.74, 6) is 2.00. The van der Waals surface area contributed by atoms with Gasteiger partial charge in [0.2, 0.25) is 10.0 Å². The Morgan fingerprint density at radius 1 is 0.935 bits per heavy atom. The van der Waals surface area contributed by atoms with E-state index in [1.165, 1.54) is 4.31 Å². The molecule has 4 rings (SSSR count).